The Kier molecular flexibility index (Phi) is 25.2. The van der Waals surface area contributed by atoms with Crippen LogP contribution in [0.5, 0.6) is 11.5 Å². The highest BCUT2D eigenvalue weighted by atomic mass is 31.2. The highest BCUT2D eigenvalue weighted by Crippen LogP contribution is 2.51. The number of benzene rings is 3. The lowest BCUT2D eigenvalue weighted by Crippen LogP contribution is -2.64. The molecule has 0 radical (unpaired) electrons. The monoisotopic (exact) mass is 1110 g/mol. The fourth-order valence-corrected chi connectivity index (χ4v) is 11.9. The number of ether oxygens (including phenoxy) is 9. The van der Waals surface area contributed by atoms with E-state index in [1.165, 1.54) is 27.7 Å². The zero-order valence-electron chi connectivity index (χ0n) is 46.8. The summed E-state index contributed by atoms with van der Waals surface area (Å²) in [5.41, 5.74) is 1.41. The number of esters is 3. The normalized spacial score (nSPS) is 22.6. The van der Waals surface area contributed by atoms with Crippen LogP contribution in [0.25, 0.3) is 4.85 Å². The smallest absolute Gasteiger partial charge is 0.302 e. The van der Waals surface area contributed by atoms with Gasteiger partial charge < -0.3 is 67.2 Å². The van der Waals surface area contributed by atoms with Gasteiger partial charge in [0.2, 0.25) is 18.4 Å². The Morgan fingerprint density at radius 2 is 1.32 bits per heavy atom. The maximum atomic E-state index is 14.1. The van der Waals surface area contributed by atoms with Gasteiger partial charge in [-0.3, -0.25) is 24.0 Å². The van der Waals surface area contributed by atoms with Crippen molar-refractivity contribution >= 4 is 38.2 Å². The fourth-order valence-electron chi connectivity index (χ4n) is 10.1. The molecule has 1 saturated heterocycles. The molecule has 5 rings (SSSR count). The highest BCUT2D eigenvalue weighted by Gasteiger charge is 2.51. The SMILES string of the molecule is [C-]#[N+]CCOP(O[C@@H]1[C@@H](COC(c2ccccc2)(c2ccc(OC)cc2)c2ccc(OC)cc2)C[C@@H](NC(=O)CCCCOC2OC(COC(C)=O)C(COC(C)=O)C(OC(C)=O)C2NC(C)=O)[C@@H]1OC)N(C(C)C)C(C)C. The number of rotatable bonds is 30. The predicted molar refractivity (Wildman–Crippen MR) is 289 cm³/mol. The van der Waals surface area contributed by atoms with E-state index in [0.29, 0.717) is 30.8 Å². The third-order valence-electron chi connectivity index (χ3n) is 13.4. The predicted octanol–water partition coefficient (Wildman–Crippen LogP) is 7.29. The second-order valence-corrected chi connectivity index (χ2v) is 21.1. The Hall–Kier alpha value is -5.75. The molecular formula is C57H79N4O16P. The summed E-state index contributed by atoms with van der Waals surface area (Å²) in [4.78, 5) is 66.3. The summed E-state index contributed by atoms with van der Waals surface area (Å²) >= 11 is 0. The molecule has 10 atom stereocenters. The first kappa shape index (κ1) is 63.1. The van der Waals surface area contributed by atoms with E-state index in [4.69, 9.17) is 58.3 Å². The molecular weight excluding hydrogens is 1030 g/mol. The van der Waals surface area contributed by atoms with Gasteiger partial charge in [-0.25, -0.2) is 11.2 Å². The Morgan fingerprint density at radius 1 is 0.731 bits per heavy atom. The largest absolute Gasteiger partial charge is 0.497 e. The minimum absolute atomic E-state index is 0.0131. The van der Waals surface area contributed by atoms with Crippen molar-refractivity contribution in [1.82, 2.24) is 15.3 Å². The number of hydrogen-bond acceptors (Lipinski definition) is 17. The van der Waals surface area contributed by atoms with Crippen LogP contribution >= 0.6 is 8.53 Å². The number of carbonyl (C=O) groups is 5. The Morgan fingerprint density at radius 3 is 1.85 bits per heavy atom. The van der Waals surface area contributed by atoms with Gasteiger partial charge in [0.05, 0.1) is 38.9 Å². The number of nitrogens with one attached hydrogen (secondary N) is 2. The number of unbranched alkanes of at least 4 members (excludes halogenated alkanes) is 1. The molecule has 20 nitrogen and oxygen atoms in total. The van der Waals surface area contributed by atoms with Crippen molar-refractivity contribution in [3.63, 3.8) is 0 Å². The van der Waals surface area contributed by atoms with Crippen molar-refractivity contribution in [1.29, 1.82) is 0 Å². The average Bonchev–Trinajstić information content (AvgIpc) is 3.79. The van der Waals surface area contributed by atoms with E-state index >= 15 is 0 Å². The van der Waals surface area contributed by atoms with E-state index in [1.54, 1.807) is 21.3 Å². The topological polar surface area (TPSA) is 219 Å². The van der Waals surface area contributed by atoms with Crippen LogP contribution in [0.4, 0.5) is 0 Å². The van der Waals surface area contributed by atoms with Gasteiger partial charge in [-0.1, -0.05) is 54.6 Å². The molecule has 1 saturated carbocycles. The van der Waals surface area contributed by atoms with Crippen LogP contribution in [0.2, 0.25) is 0 Å². The molecule has 2 amide bonds. The molecule has 0 spiro atoms. The molecule has 428 valence electrons. The van der Waals surface area contributed by atoms with Crippen LogP contribution in [0.1, 0.15) is 97.8 Å². The van der Waals surface area contributed by atoms with E-state index in [9.17, 15) is 24.0 Å². The fraction of sp³-hybridized carbons (Fsp3) is 0.579. The van der Waals surface area contributed by atoms with Gasteiger partial charge in [-0.15, -0.1) is 0 Å². The van der Waals surface area contributed by atoms with Crippen molar-refractivity contribution in [2.24, 2.45) is 11.8 Å². The van der Waals surface area contributed by atoms with E-state index in [0.717, 1.165) is 16.7 Å². The van der Waals surface area contributed by atoms with Crippen LogP contribution in [-0.4, -0.2) is 150 Å². The molecule has 2 fully saturated rings. The van der Waals surface area contributed by atoms with Crippen LogP contribution in [-0.2, 0) is 71.8 Å². The summed E-state index contributed by atoms with van der Waals surface area (Å²) in [7, 11) is 3.08. The van der Waals surface area contributed by atoms with Crippen LogP contribution in [0.3, 0.4) is 0 Å². The zero-order chi connectivity index (χ0) is 56.9. The Labute approximate surface area is 460 Å². The lowest BCUT2D eigenvalue weighted by molar-refractivity contribution is -0.266. The Bertz CT molecular complexity index is 2350. The summed E-state index contributed by atoms with van der Waals surface area (Å²) < 4.78 is 69.4. The molecule has 0 aromatic heterocycles. The van der Waals surface area contributed by atoms with E-state index in [1.807, 2.05) is 78.9 Å². The first-order valence-electron chi connectivity index (χ1n) is 26.4. The molecule has 1 aliphatic carbocycles. The van der Waals surface area contributed by atoms with Gasteiger partial charge >= 0.3 is 17.9 Å². The maximum Gasteiger partial charge on any atom is 0.302 e. The molecule has 6 unspecified atom stereocenters. The highest BCUT2D eigenvalue weighted by molar-refractivity contribution is 7.44. The molecule has 3 aromatic carbocycles. The minimum atomic E-state index is -1.76. The maximum absolute atomic E-state index is 14.1. The van der Waals surface area contributed by atoms with Crippen molar-refractivity contribution in [2.75, 3.05) is 60.9 Å². The number of methoxy groups -OCH3 is 3. The molecule has 1 heterocycles. The van der Waals surface area contributed by atoms with Crippen LogP contribution in [0, 0.1) is 18.4 Å². The standard InChI is InChI=1S/C57H79N4O16P/c1-36(2)61(37(3)4)78(74-31-29-58-9)77-53-42(33-73-57(43-18-14-13-15-19-43,44-21-25-46(67-10)26-22-44)45-23-27-47(68-11)28-24-45)32-49(55(53)69-12)60-51(66)20-16-17-30-70-56-52(59-38(5)62)54(75-41(8)65)48(34-71-39(6)63)50(76-56)35-72-40(7)64/h13-15,18-19,21-28,36-37,42,48-50,52-56H,16-17,20,29-35H2,1-8,10-12H3,(H,59,62)(H,60,66)/t42-,48?,49-,50?,52?,53-,54?,55+,56?,78?/m1/s1. The summed E-state index contributed by atoms with van der Waals surface area (Å²) in [6.45, 7) is 20.7. The Balaban J connectivity index is 1.41. The van der Waals surface area contributed by atoms with Gasteiger partial charge in [0.1, 0.15) is 61.3 Å². The molecule has 3 aromatic rings. The molecule has 0 bridgehead atoms. The molecule has 1 aliphatic heterocycles. The summed E-state index contributed by atoms with van der Waals surface area (Å²) in [5.74, 6) is -2.42. The van der Waals surface area contributed by atoms with Crippen molar-refractivity contribution < 1.29 is 75.7 Å². The van der Waals surface area contributed by atoms with Gasteiger partial charge in [0.15, 0.2) is 6.29 Å². The van der Waals surface area contributed by atoms with Crippen LogP contribution in [0.15, 0.2) is 78.9 Å². The molecule has 21 heteroatoms. The van der Waals surface area contributed by atoms with Crippen molar-refractivity contribution in [3.8, 4) is 11.5 Å². The van der Waals surface area contributed by atoms with E-state index in [2.05, 4.69) is 47.8 Å². The van der Waals surface area contributed by atoms with Gasteiger partial charge in [0, 0.05) is 65.8 Å². The van der Waals surface area contributed by atoms with Crippen molar-refractivity contribution in [3.05, 3.63) is 107 Å². The average molecular weight is 1110 g/mol. The lowest BCUT2D eigenvalue weighted by atomic mass is 9.79. The first-order chi connectivity index (χ1) is 37.4. The number of nitrogens with zero attached hydrogens (tertiary/aromatic N) is 2. The lowest BCUT2D eigenvalue weighted by Gasteiger charge is -2.45. The third kappa shape index (κ3) is 17.4. The molecule has 2 aliphatic rings. The number of hydrogen-bond donors (Lipinski definition) is 2. The van der Waals surface area contributed by atoms with Crippen LogP contribution < -0.4 is 20.1 Å². The summed E-state index contributed by atoms with van der Waals surface area (Å²) in [6, 6.07) is 24.0. The quantitative estimate of drug-likeness (QED) is 0.0167. The van der Waals surface area contributed by atoms with Crippen molar-refractivity contribution in [2.45, 2.75) is 142 Å². The van der Waals surface area contributed by atoms with E-state index in [-0.39, 0.29) is 69.9 Å². The zero-order valence-corrected chi connectivity index (χ0v) is 47.7. The summed E-state index contributed by atoms with van der Waals surface area (Å²) in [6.07, 6.45) is -3.30. The first-order valence-corrected chi connectivity index (χ1v) is 27.5. The number of amides is 2. The van der Waals surface area contributed by atoms with Gasteiger partial charge in [-0.2, -0.15) is 0 Å². The second kappa shape index (κ2) is 31.1. The third-order valence-corrected chi connectivity index (χ3v) is 15.6. The molecule has 78 heavy (non-hydrogen) atoms. The number of carbonyl (C=O) groups excluding carboxylic acids is 5. The van der Waals surface area contributed by atoms with Gasteiger partial charge in [0.25, 0.3) is 8.53 Å². The van der Waals surface area contributed by atoms with Gasteiger partial charge in [-0.05, 0) is 87.9 Å². The summed E-state index contributed by atoms with van der Waals surface area (Å²) in [5, 5.41) is 6.01. The second-order valence-electron chi connectivity index (χ2n) is 19.7. The van der Waals surface area contributed by atoms with E-state index < -0.39 is 86.6 Å². The molecule has 2 N–H and O–H groups in total. The minimum Gasteiger partial charge on any atom is -0.497 e.